The Morgan fingerprint density at radius 3 is 2.41 bits per heavy atom. The Morgan fingerprint density at radius 2 is 1.91 bits per heavy atom. The summed E-state index contributed by atoms with van der Waals surface area (Å²) in [6.07, 6.45) is 0.558. The van der Waals surface area contributed by atoms with Gasteiger partial charge in [0.2, 0.25) is 9.84 Å². The molecule has 4 N–H and O–H groups in total. The van der Waals surface area contributed by atoms with Gasteiger partial charge in [-0.15, -0.1) is 0 Å². The van der Waals surface area contributed by atoms with Gasteiger partial charge in [-0.05, 0) is 38.0 Å². The van der Waals surface area contributed by atoms with E-state index in [0.29, 0.717) is 17.7 Å². The first kappa shape index (κ1) is 16.3. The van der Waals surface area contributed by atoms with E-state index in [1.54, 1.807) is 31.9 Å². The third-order valence-corrected chi connectivity index (χ3v) is 6.64. The number of sulfone groups is 1. The van der Waals surface area contributed by atoms with Crippen LogP contribution in [-0.2, 0) is 16.3 Å². The fourth-order valence-electron chi connectivity index (χ4n) is 2.50. The second kappa shape index (κ2) is 4.98. The maximum Gasteiger partial charge on any atom is 0.280 e. The number of amides is 1. The van der Waals surface area contributed by atoms with E-state index in [9.17, 15) is 13.2 Å². The normalized spacial score (nSPS) is 17.9. The van der Waals surface area contributed by atoms with Crippen LogP contribution in [0, 0.1) is 0 Å². The third-order valence-electron chi connectivity index (χ3n) is 4.14. The van der Waals surface area contributed by atoms with E-state index >= 15 is 0 Å². The van der Waals surface area contributed by atoms with Crippen LogP contribution in [0.25, 0.3) is 0 Å². The largest absolute Gasteiger partial charge is 0.370 e. The number of anilines is 1. The molecular formula is C14H20N4O3S. The summed E-state index contributed by atoms with van der Waals surface area (Å²) in [5, 5.41) is 0. The van der Waals surface area contributed by atoms with Gasteiger partial charge in [0.25, 0.3) is 5.91 Å². The van der Waals surface area contributed by atoms with Crippen LogP contribution in [0.2, 0.25) is 0 Å². The lowest BCUT2D eigenvalue weighted by Crippen LogP contribution is -2.42. The van der Waals surface area contributed by atoms with Crippen molar-refractivity contribution in [1.82, 2.24) is 0 Å². The molecule has 0 spiro atoms. The highest BCUT2D eigenvalue weighted by Crippen LogP contribution is 2.45. The zero-order chi connectivity index (χ0) is 16.9. The fraction of sp³-hybridized carbons (Fsp3) is 0.429. The Morgan fingerprint density at radius 1 is 1.32 bits per heavy atom. The molecule has 0 atom stereocenters. The highest BCUT2D eigenvalue weighted by molar-refractivity contribution is 7.93. The van der Waals surface area contributed by atoms with Gasteiger partial charge in [0.1, 0.15) is 4.87 Å². The molecule has 8 heteroatoms. The van der Waals surface area contributed by atoms with E-state index in [1.165, 1.54) is 6.07 Å². The number of carbonyl (C=O) groups is 1. The van der Waals surface area contributed by atoms with Gasteiger partial charge >= 0.3 is 0 Å². The lowest BCUT2D eigenvalue weighted by atomic mass is 10.0. The summed E-state index contributed by atoms with van der Waals surface area (Å²) in [5.41, 5.74) is 12.0. The molecule has 0 fully saturated rings. The molecule has 0 aromatic heterocycles. The second-order valence-corrected chi connectivity index (χ2v) is 8.13. The van der Waals surface area contributed by atoms with Crippen molar-refractivity contribution in [1.29, 1.82) is 0 Å². The molecule has 0 bridgehead atoms. The molecule has 1 aliphatic heterocycles. The van der Waals surface area contributed by atoms with E-state index in [2.05, 4.69) is 4.99 Å². The van der Waals surface area contributed by atoms with Crippen molar-refractivity contribution in [3.05, 3.63) is 23.3 Å². The number of nitrogens with two attached hydrogens (primary N) is 2. The minimum absolute atomic E-state index is 0.131. The van der Waals surface area contributed by atoms with Gasteiger partial charge in [-0.3, -0.25) is 4.79 Å². The number of aryl methyl sites for hydroxylation is 1. The quantitative estimate of drug-likeness (QED) is 0.608. The van der Waals surface area contributed by atoms with Crippen molar-refractivity contribution >= 4 is 27.4 Å². The number of hydrogen-bond acceptors (Lipinski definition) is 4. The van der Waals surface area contributed by atoms with Gasteiger partial charge in [-0.2, -0.15) is 4.99 Å². The van der Waals surface area contributed by atoms with Crippen LogP contribution in [0.3, 0.4) is 0 Å². The zero-order valence-electron chi connectivity index (χ0n) is 13.0. The van der Waals surface area contributed by atoms with Crippen LogP contribution in [0.5, 0.6) is 0 Å². The Kier molecular flexibility index (Phi) is 3.68. The molecule has 22 heavy (non-hydrogen) atoms. The maximum absolute atomic E-state index is 12.7. The topological polar surface area (TPSA) is 119 Å². The molecule has 1 aliphatic rings. The van der Waals surface area contributed by atoms with Crippen molar-refractivity contribution < 1.29 is 13.2 Å². The Balaban J connectivity index is 2.75. The molecule has 1 heterocycles. The number of fused-ring (bicyclic) bond motifs is 1. The first-order valence-corrected chi connectivity index (χ1v) is 8.31. The summed E-state index contributed by atoms with van der Waals surface area (Å²) in [7, 11) is -1.86. The molecule has 1 aromatic carbocycles. The molecule has 2 rings (SSSR count). The molecule has 1 aromatic rings. The number of carbonyl (C=O) groups excluding carboxylic acids is 1. The molecule has 0 aliphatic carbocycles. The van der Waals surface area contributed by atoms with Gasteiger partial charge < -0.3 is 16.4 Å². The van der Waals surface area contributed by atoms with Gasteiger partial charge in [0, 0.05) is 12.6 Å². The molecule has 0 radical (unpaired) electrons. The van der Waals surface area contributed by atoms with E-state index in [4.69, 9.17) is 11.5 Å². The van der Waals surface area contributed by atoms with Gasteiger partial charge in [-0.25, -0.2) is 8.42 Å². The summed E-state index contributed by atoms with van der Waals surface area (Å²) in [5.74, 6) is -0.991. The monoisotopic (exact) mass is 324 g/mol. The fourth-order valence-corrected chi connectivity index (χ4v) is 4.24. The second-order valence-electron chi connectivity index (χ2n) is 5.68. The number of hydrogen-bond donors (Lipinski definition) is 2. The number of aliphatic imine (C=N–C) groups is 1. The van der Waals surface area contributed by atoms with Crippen LogP contribution >= 0.6 is 0 Å². The van der Waals surface area contributed by atoms with Gasteiger partial charge in [0.15, 0.2) is 5.96 Å². The summed E-state index contributed by atoms with van der Waals surface area (Å²) in [6, 6.07) is 3.10. The van der Waals surface area contributed by atoms with E-state index in [0.717, 1.165) is 0 Å². The number of benzene rings is 1. The van der Waals surface area contributed by atoms with Crippen LogP contribution in [0.15, 0.2) is 22.0 Å². The predicted octanol–water partition coefficient (Wildman–Crippen LogP) is 0.622. The average Bonchev–Trinajstić information content (AvgIpc) is 2.55. The number of rotatable bonds is 2. The van der Waals surface area contributed by atoms with Crippen molar-refractivity contribution in [2.24, 2.45) is 16.5 Å². The lowest BCUT2D eigenvalue weighted by molar-refractivity contribution is 0.100. The average molecular weight is 324 g/mol. The van der Waals surface area contributed by atoms with E-state index < -0.39 is 20.6 Å². The molecule has 0 saturated carbocycles. The SMILES string of the molecule is CCc1cc2c(cc1C(=O)N=C(N)N)S(=O)(=O)C(C)(C)N2C. The summed E-state index contributed by atoms with van der Waals surface area (Å²) < 4.78 is 25.3. The summed E-state index contributed by atoms with van der Waals surface area (Å²) in [6.45, 7) is 5.14. The molecule has 0 saturated heterocycles. The molecule has 1 amide bonds. The van der Waals surface area contributed by atoms with Crippen molar-refractivity contribution in [2.45, 2.75) is 37.0 Å². The minimum Gasteiger partial charge on any atom is -0.370 e. The van der Waals surface area contributed by atoms with Crippen LogP contribution in [0.1, 0.15) is 36.7 Å². The molecule has 0 unspecified atom stereocenters. The lowest BCUT2D eigenvalue weighted by Gasteiger charge is -2.28. The smallest absolute Gasteiger partial charge is 0.280 e. The third kappa shape index (κ3) is 2.14. The number of nitrogens with zero attached hydrogens (tertiary/aromatic N) is 2. The van der Waals surface area contributed by atoms with Crippen LogP contribution in [0.4, 0.5) is 5.69 Å². The Bertz CT molecular complexity index is 778. The van der Waals surface area contributed by atoms with Gasteiger partial charge in [-0.1, -0.05) is 6.92 Å². The van der Waals surface area contributed by atoms with E-state index in [1.807, 2.05) is 6.92 Å². The summed E-state index contributed by atoms with van der Waals surface area (Å²) >= 11 is 0. The van der Waals surface area contributed by atoms with Crippen molar-refractivity contribution in [2.75, 3.05) is 11.9 Å². The van der Waals surface area contributed by atoms with Crippen molar-refractivity contribution in [3.63, 3.8) is 0 Å². The first-order chi connectivity index (χ1) is 10.0. The Labute approximate surface area is 129 Å². The predicted molar refractivity (Wildman–Crippen MR) is 85.6 cm³/mol. The highest BCUT2D eigenvalue weighted by atomic mass is 32.2. The number of guanidine groups is 1. The van der Waals surface area contributed by atoms with Crippen LogP contribution < -0.4 is 16.4 Å². The first-order valence-electron chi connectivity index (χ1n) is 6.83. The molecule has 120 valence electrons. The highest BCUT2D eigenvalue weighted by Gasteiger charge is 2.48. The standard InChI is InChI=1S/C14H20N4O3S/c1-5-8-6-10-11(7-9(8)12(19)17-13(15)16)22(20,21)14(2,3)18(10)4/h6-7H,5H2,1-4H3,(H4,15,16,17,19). The van der Waals surface area contributed by atoms with Crippen LogP contribution in [-0.4, -0.2) is 32.2 Å². The maximum atomic E-state index is 12.7. The Hall–Kier alpha value is -2.09. The zero-order valence-corrected chi connectivity index (χ0v) is 13.9. The summed E-state index contributed by atoms with van der Waals surface area (Å²) in [4.78, 5) is 16.4. The van der Waals surface area contributed by atoms with Crippen molar-refractivity contribution in [3.8, 4) is 0 Å². The molecule has 7 nitrogen and oxygen atoms in total. The van der Waals surface area contributed by atoms with E-state index in [-0.39, 0.29) is 16.4 Å². The minimum atomic E-state index is -3.58. The van der Waals surface area contributed by atoms with Gasteiger partial charge in [0.05, 0.1) is 10.6 Å². The molecular weight excluding hydrogens is 304 g/mol.